The van der Waals surface area contributed by atoms with Gasteiger partial charge in [0.25, 0.3) is 0 Å². The van der Waals surface area contributed by atoms with Crippen molar-refractivity contribution in [2.45, 2.75) is 39.7 Å². The van der Waals surface area contributed by atoms with Gasteiger partial charge in [0.2, 0.25) is 5.91 Å². The molecule has 5 nitrogen and oxygen atoms in total. The van der Waals surface area contributed by atoms with Gasteiger partial charge in [-0.1, -0.05) is 43.0 Å². The Kier molecular flexibility index (Phi) is 5.27. The maximum absolute atomic E-state index is 12.6. The largest absolute Gasteiger partial charge is 0.463 e. The second-order valence-electron chi connectivity index (χ2n) is 5.97. The highest BCUT2D eigenvalue weighted by atomic mass is 32.2. The minimum absolute atomic E-state index is 0.00336. The summed E-state index contributed by atoms with van der Waals surface area (Å²) in [5, 5.41) is 0.673. The average molecular weight is 358 g/mol. The van der Waals surface area contributed by atoms with Crippen LogP contribution in [0.5, 0.6) is 0 Å². The van der Waals surface area contributed by atoms with E-state index in [1.54, 1.807) is 23.6 Å². The molecule has 1 amide bonds. The van der Waals surface area contributed by atoms with Crippen LogP contribution in [-0.2, 0) is 20.7 Å². The van der Waals surface area contributed by atoms with Crippen molar-refractivity contribution in [3.05, 3.63) is 46.7 Å². The van der Waals surface area contributed by atoms with E-state index >= 15 is 0 Å². The van der Waals surface area contributed by atoms with Crippen LogP contribution >= 0.6 is 11.8 Å². The number of thioether (sulfide) groups is 1. The monoisotopic (exact) mass is 358 g/mol. The molecule has 0 radical (unpaired) electrons. The molecule has 0 aromatic heterocycles. The van der Waals surface area contributed by atoms with Crippen LogP contribution in [0.15, 0.2) is 40.5 Å². The van der Waals surface area contributed by atoms with E-state index in [2.05, 4.69) is 11.9 Å². The minimum Gasteiger partial charge on any atom is -0.463 e. The smallest absolute Gasteiger partial charge is 0.338 e. The topological polar surface area (TPSA) is 59.0 Å². The van der Waals surface area contributed by atoms with Gasteiger partial charge in [0.1, 0.15) is 0 Å². The Bertz CT molecular complexity index is 752. The number of fused-ring (bicyclic) bond motifs is 1. The van der Waals surface area contributed by atoms with Crippen molar-refractivity contribution < 1.29 is 14.3 Å². The fraction of sp³-hybridized carbons (Fsp3) is 0.421. The van der Waals surface area contributed by atoms with Crippen molar-refractivity contribution in [3.63, 3.8) is 0 Å². The molecule has 2 aliphatic rings. The van der Waals surface area contributed by atoms with Crippen LogP contribution in [0.3, 0.4) is 0 Å². The van der Waals surface area contributed by atoms with E-state index in [-0.39, 0.29) is 12.5 Å². The Balaban J connectivity index is 2.11. The summed E-state index contributed by atoms with van der Waals surface area (Å²) in [6.07, 6.45) is 1.39. The number of aliphatic imine (C=N–C) groups is 1. The van der Waals surface area contributed by atoms with Gasteiger partial charge in [0.15, 0.2) is 5.17 Å². The molecule has 0 N–H and O–H groups in total. The first-order valence-electron chi connectivity index (χ1n) is 8.57. The standard InChI is InChI=1S/C19H22N2O3S/c1-4-13-6-8-14(9-7-13)17-16(18(23)24-5-2)12(3)20-19-21(17)15(22)10-11-25-19/h6-9,17H,4-5,10-11H2,1-3H3/t17-/m1/s1. The number of carbonyl (C=O) groups excluding carboxylic acids is 2. The lowest BCUT2D eigenvalue weighted by atomic mass is 9.93. The molecule has 2 aliphatic heterocycles. The lowest BCUT2D eigenvalue weighted by Crippen LogP contribution is -2.45. The van der Waals surface area contributed by atoms with Gasteiger partial charge in [-0.15, -0.1) is 0 Å². The second-order valence-corrected chi connectivity index (χ2v) is 7.04. The molecule has 1 aromatic carbocycles. The Labute approximate surface area is 152 Å². The van der Waals surface area contributed by atoms with E-state index in [1.807, 2.05) is 31.2 Å². The summed E-state index contributed by atoms with van der Waals surface area (Å²) in [5.41, 5.74) is 3.19. The Hall–Kier alpha value is -2.08. The van der Waals surface area contributed by atoms with Crippen LogP contribution in [0.25, 0.3) is 0 Å². The zero-order chi connectivity index (χ0) is 18.0. The summed E-state index contributed by atoms with van der Waals surface area (Å²) >= 11 is 1.56. The van der Waals surface area contributed by atoms with Gasteiger partial charge in [0, 0.05) is 12.2 Å². The number of ether oxygens (including phenoxy) is 1. The van der Waals surface area contributed by atoms with E-state index < -0.39 is 12.0 Å². The highest BCUT2D eigenvalue weighted by Gasteiger charge is 2.41. The number of amides is 1. The molecule has 0 saturated carbocycles. The maximum Gasteiger partial charge on any atom is 0.338 e. The molecule has 0 aliphatic carbocycles. The Morgan fingerprint density at radius 3 is 2.68 bits per heavy atom. The van der Waals surface area contributed by atoms with E-state index in [4.69, 9.17) is 4.74 Å². The quantitative estimate of drug-likeness (QED) is 0.774. The van der Waals surface area contributed by atoms with E-state index in [0.29, 0.717) is 22.9 Å². The van der Waals surface area contributed by atoms with Crippen molar-refractivity contribution in [1.29, 1.82) is 0 Å². The van der Waals surface area contributed by atoms with Crippen molar-refractivity contribution in [2.24, 2.45) is 4.99 Å². The number of hydrogen-bond acceptors (Lipinski definition) is 5. The number of aryl methyl sites for hydroxylation is 1. The molecule has 132 valence electrons. The number of hydrogen-bond donors (Lipinski definition) is 0. The predicted molar refractivity (Wildman–Crippen MR) is 99.3 cm³/mol. The normalized spacial score (nSPS) is 20.3. The molecule has 2 heterocycles. The molecule has 25 heavy (non-hydrogen) atoms. The zero-order valence-electron chi connectivity index (χ0n) is 14.7. The first-order chi connectivity index (χ1) is 12.1. The van der Waals surface area contributed by atoms with E-state index in [0.717, 1.165) is 17.7 Å². The van der Waals surface area contributed by atoms with Crippen LogP contribution in [0, 0.1) is 0 Å². The van der Waals surface area contributed by atoms with Crippen molar-refractivity contribution in [2.75, 3.05) is 12.4 Å². The summed E-state index contributed by atoms with van der Waals surface area (Å²) in [6.45, 7) is 5.97. The van der Waals surface area contributed by atoms with Crippen LogP contribution in [0.4, 0.5) is 0 Å². The molecule has 0 unspecified atom stereocenters. The Morgan fingerprint density at radius 2 is 2.04 bits per heavy atom. The zero-order valence-corrected chi connectivity index (χ0v) is 15.6. The van der Waals surface area contributed by atoms with Crippen LogP contribution in [-0.4, -0.2) is 34.3 Å². The number of benzene rings is 1. The number of allylic oxidation sites excluding steroid dienone is 1. The molecule has 3 rings (SSSR count). The molecular weight excluding hydrogens is 336 g/mol. The molecule has 1 aromatic rings. The van der Waals surface area contributed by atoms with Gasteiger partial charge in [-0.3, -0.25) is 9.69 Å². The van der Waals surface area contributed by atoms with Crippen molar-refractivity contribution >= 4 is 28.8 Å². The predicted octanol–water partition coefficient (Wildman–Crippen LogP) is 3.46. The fourth-order valence-corrected chi connectivity index (χ4v) is 4.12. The SMILES string of the molecule is CCOC(=O)C1=C(C)N=C2SCCC(=O)N2[C@@H]1c1ccc(CC)cc1. The molecule has 1 saturated heterocycles. The van der Waals surface area contributed by atoms with Gasteiger partial charge in [-0.25, -0.2) is 9.79 Å². The third-order valence-electron chi connectivity index (χ3n) is 4.41. The van der Waals surface area contributed by atoms with Gasteiger partial charge in [-0.05, 0) is 31.4 Å². The third-order valence-corrected chi connectivity index (χ3v) is 5.36. The second kappa shape index (κ2) is 7.44. The average Bonchev–Trinajstić information content (AvgIpc) is 2.61. The highest BCUT2D eigenvalue weighted by Crippen LogP contribution is 2.40. The maximum atomic E-state index is 12.6. The number of carbonyl (C=O) groups is 2. The minimum atomic E-state index is -0.474. The molecule has 6 heteroatoms. The molecule has 1 fully saturated rings. The van der Waals surface area contributed by atoms with Crippen molar-refractivity contribution in [1.82, 2.24) is 4.90 Å². The molecule has 0 spiro atoms. The van der Waals surface area contributed by atoms with Crippen molar-refractivity contribution in [3.8, 4) is 0 Å². The summed E-state index contributed by atoms with van der Waals surface area (Å²) in [6, 6.07) is 7.59. The number of esters is 1. The lowest BCUT2D eigenvalue weighted by Gasteiger charge is -2.38. The first kappa shape index (κ1) is 17.7. The van der Waals surface area contributed by atoms with Crippen LogP contribution in [0.1, 0.15) is 44.4 Å². The third kappa shape index (κ3) is 3.35. The number of nitrogens with zero attached hydrogens (tertiary/aromatic N) is 2. The molecule has 1 atom stereocenters. The molecular formula is C19H22N2O3S. The van der Waals surface area contributed by atoms with Gasteiger partial charge in [-0.2, -0.15) is 0 Å². The summed E-state index contributed by atoms with van der Waals surface area (Å²) in [4.78, 5) is 31.4. The highest BCUT2D eigenvalue weighted by molar-refractivity contribution is 8.14. The van der Waals surface area contributed by atoms with Gasteiger partial charge < -0.3 is 4.74 Å². The van der Waals surface area contributed by atoms with Crippen LogP contribution in [0.2, 0.25) is 0 Å². The Morgan fingerprint density at radius 1 is 1.32 bits per heavy atom. The van der Waals surface area contributed by atoms with Gasteiger partial charge >= 0.3 is 5.97 Å². The summed E-state index contributed by atoms with van der Waals surface area (Å²) < 4.78 is 5.25. The fourth-order valence-electron chi connectivity index (χ4n) is 3.12. The van der Waals surface area contributed by atoms with Crippen LogP contribution < -0.4 is 0 Å². The number of rotatable bonds is 4. The summed E-state index contributed by atoms with van der Waals surface area (Å²) in [5.74, 6) is 0.310. The van der Waals surface area contributed by atoms with E-state index in [9.17, 15) is 9.59 Å². The number of amidine groups is 1. The summed E-state index contributed by atoms with van der Waals surface area (Å²) in [7, 11) is 0. The molecule has 0 bridgehead atoms. The lowest BCUT2D eigenvalue weighted by molar-refractivity contribution is -0.139. The van der Waals surface area contributed by atoms with Gasteiger partial charge in [0.05, 0.1) is 23.9 Å². The van der Waals surface area contributed by atoms with E-state index in [1.165, 1.54) is 5.56 Å². The first-order valence-corrected chi connectivity index (χ1v) is 9.55.